The fourth-order valence-corrected chi connectivity index (χ4v) is 3.55. The lowest BCUT2D eigenvalue weighted by Crippen LogP contribution is -2.34. The van der Waals surface area contributed by atoms with Crippen LogP contribution in [0.25, 0.3) is 5.65 Å². The van der Waals surface area contributed by atoms with Gasteiger partial charge in [-0.3, -0.25) is 19.5 Å². The zero-order valence-electron chi connectivity index (χ0n) is 14.1. The van der Waals surface area contributed by atoms with E-state index in [4.69, 9.17) is 4.98 Å². The van der Waals surface area contributed by atoms with E-state index >= 15 is 0 Å². The zero-order chi connectivity index (χ0) is 16.7. The number of likely N-dealkylation sites (tertiary alicyclic amines) is 1. The van der Waals surface area contributed by atoms with Gasteiger partial charge in [0.05, 0.1) is 17.9 Å². The maximum Gasteiger partial charge on any atom is 0.272 e. The molecule has 0 aliphatic carbocycles. The highest BCUT2D eigenvalue weighted by molar-refractivity contribution is 5.37. The number of aromatic nitrogens is 5. The minimum absolute atomic E-state index is 0.0527. The maximum absolute atomic E-state index is 12.3. The van der Waals surface area contributed by atoms with E-state index < -0.39 is 0 Å². The van der Waals surface area contributed by atoms with Crippen LogP contribution in [-0.2, 0) is 13.6 Å². The Balaban J connectivity index is 1.68. The molecular weight excluding hydrogens is 304 g/mol. The lowest BCUT2D eigenvalue weighted by Gasteiger charge is -2.35. The van der Waals surface area contributed by atoms with Crippen molar-refractivity contribution in [1.82, 2.24) is 29.3 Å². The average molecular weight is 326 g/mol. The summed E-state index contributed by atoms with van der Waals surface area (Å²) < 4.78 is 3.38. The number of rotatable bonds is 3. The van der Waals surface area contributed by atoms with Crippen LogP contribution in [0.4, 0.5) is 0 Å². The molecule has 0 radical (unpaired) electrons. The first-order chi connectivity index (χ1) is 11.6. The Morgan fingerprint density at radius 3 is 3.04 bits per heavy atom. The molecule has 0 saturated carbocycles. The highest BCUT2D eigenvalue weighted by atomic mass is 16.1. The van der Waals surface area contributed by atoms with E-state index in [1.807, 2.05) is 24.0 Å². The molecule has 3 aromatic rings. The highest BCUT2D eigenvalue weighted by Crippen LogP contribution is 2.31. The van der Waals surface area contributed by atoms with Crippen LogP contribution in [0, 0.1) is 6.92 Å². The van der Waals surface area contributed by atoms with E-state index in [0.717, 1.165) is 25.2 Å². The number of hydrogen-bond acceptors (Lipinski definition) is 4. The lowest BCUT2D eigenvalue weighted by molar-refractivity contribution is 0.137. The van der Waals surface area contributed by atoms with E-state index in [0.29, 0.717) is 5.65 Å². The molecule has 1 aliphatic heterocycles. The number of aromatic amines is 1. The van der Waals surface area contributed by atoms with Crippen molar-refractivity contribution < 1.29 is 0 Å². The minimum Gasteiger partial charge on any atom is -0.297 e. The fraction of sp³-hybridized carbons (Fsp3) is 0.471. The molecule has 0 bridgehead atoms. The number of fused-ring (bicyclic) bond motifs is 1. The Morgan fingerprint density at radius 1 is 1.38 bits per heavy atom. The van der Waals surface area contributed by atoms with Gasteiger partial charge in [-0.1, -0.05) is 6.42 Å². The number of nitrogens with one attached hydrogen (secondary N) is 1. The maximum atomic E-state index is 12.3. The summed E-state index contributed by atoms with van der Waals surface area (Å²) in [6.45, 7) is 3.96. The van der Waals surface area contributed by atoms with Crippen molar-refractivity contribution in [2.45, 2.75) is 38.8 Å². The molecule has 1 atom stereocenters. The van der Waals surface area contributed by atoms with Crippen LogP contribution in [0.2, 0.25) is 0 Å². The Hall–Kier alpha value is -2.41. The quantitative estimate of drug-likeness (QED) is 0.796. The van der Waals surface area contributed by atoms with E-state index in [9.17, 15) is 4.79 Å². The number of H-pyrrole nitrogens is 1. The molecule has 7 nitrogen and oxygen atoms in total. The molecule has 0 spiro atoms. The molecule has 0 amide bonds. The molecule has 24 heavy (non-hydrogen) atoms. The summed E-state index contributed by atoms with van der Waals surface area (Å²) >= 11 is 0. The fourth-order valence-electron chi connectivity index (χ4n) is 3.55. The Bertz CT molecular complexity index is 921. The third kappa shape index (κ3) is 2.54. The van der Waals surface area contributed by atoms with Crippen molar-refractivity contribution in [3.63, 3.8) is 0 Å². The van der Waals surface area contributed by atoms with Gasteiger partial charge in [-0.2, -0.15) is 5.10 Å². The third-order valence-electron chi connectivity index (χ3n) is 5.07. The van der Waals surface area contributed by atoms with E-state index in [2.05, 4.69) is 22.0 Å². The summed E-state index contributed by atoms with van der Waals surface area (Å²) in [6.07, 6.45) is 7.07. The second-order valence-electron chi connectivity index (χ2n) is 6.54. The number of hydrogen-bond donors (Lipinski definition) is 1. The summed E-state index contributed by atoms with van der Waals surface area (Å²) in [4.78, 5) is 19.4. The first-order valence-electron chi connectivity index (χ1n) is 8.42. The van der Waals surface area contributed by atoms with Gasteiger partial charge in [0, 0.05) is 43.2 Å². The third-order valence-corrected chi connectivity index (χ3v) is 5.07. The van der Waals surface area contributed by atoms with Crippen molar-refractivity contribution >= 4 is 5.65 Å². The highest BCUT2D eigenvalue weighted by Gasteiger charge is 2.26. The van der Waals surface area contributed by atoms with Crippen molar-refractivity contribution in [3.8, 4) is 0 Å². The molecule has 126 valence electrons. The Morgan fingerprint density at radius 2 is 2.25 bits per heavy atom. The molecule has 0 aromatic carbocycles. The average Bonchev–Trinajstić information content (AvgIpc) is 3.18. The van der Waals surface area contributed by atoms with Crippen LogP contribution < -0.4 is 5.56 Å². The molecule has 1 aliphatic rings. The number of aryl methyl sites for hydroxylation is 1. The first kappa shape index (κ1) is 15.1. The van der Waals surface area contributed by atoms with E-state index in [1.165, 1.54) is 28.6 Å². The monoisotopic (exact) mass is 326 g/mol. The molecule has 0 unspecified atom stereocenters. The van der Waals surface area contributed by atoms with Gasteiger partial charge in [-0.05, 0) is 26.3 Å². The standard InChI is InChI=1S/C17H22N6O/c1-12-13(10-19-21(12)2)11-22-8-4-3-5-15(22)14-9-17(24)23-16(20-14)6-7-18-23/h6-7,9-10,15,18H,3-5,8,11H2,1-2H3/t15-/m1/s1. The predicted octanol–water partition coefficient (Wildman–Crippen LogP) is 1.79. The molecule has 1 saturated heterocycles. The molecular formula is C17H22N6O. The summed E-state index contributed by atoms with van der Waals surface area (Å²) in [7, 11) is 1.97. The van der Waals surface area contributed by atoms with Gasteiger partial charge >= 0.3 is 0 Å². The first-order valence-corrected chi connectivity index (χ1v) is 8.42. The molecule has 4 heterocycles. The zero-order valence-corrected chi connectivity index (χ0v) is 14.1. The van der Waals surface area contributed by atoms with Crippen LogP contribution >= 0.6 is 0 Å². The van der Waals surface area contributed by atoms with Gasteiger partial charge < -0.3 is 0 Å². The molecule has 1 fully saturated rings. The number of nitrogens with zero attached hydrogens (tertiary/aromatic N) is 5. The van der Waals surface area contributed by atoms with Crippen molar-refractivity contribution in [1.29, 1.82) is 0 Å². The van der Waals surface area contributed by atoms with E-state index in [1.54, 1.807) is 12.3 Å². The lowest BCUT2D eigenvalue weighted by atomic mass is 9.98. The van der Waals surface area contributed by atoms with Gasteiger partial charge in [-0.15, -0.1) is 0 Å². The summed E-state index contributed by atoms with van der Waals surface area (Å²) in [5, 5.41) is 7.24. The van der Waals surface area contributed by atoms with Gasteiger partial charge in [-0.25, -0.2) is 9.50 Å². The Labute approximate surface area is 139 Å². The van der Waals surface area contributed by atoms with Crippen LogP contribution in [0.1, 0.15) is 42.3 Å². The smallest absolute Gasteiger partial charge is 0.272 e. The topological polar surface area (TPSA) is 71.2 Å². The molecule has 3 aromatic heterocycles. The van der Waals surface area contributed by atoms with Crippen molar-refractivity contribution in [2.75, 3.05) is 6.54 Å². The summed E-state index contributed by atoms with van der Waals surface area (Å²) in [5.41, 5.74) is 3.93. The molecule has 7 heteroatoms. The second kappa shape index (κ2) is 5.90. The summed E-state index contributed by atoms with van der Waals surface area (Å²) in [5.74, 6) is 0. The summed E-state index contributed by atoms with van der Waals surface area (Å²) in [6, 6.07) is 3.69. The molecule has 4 rings (SSSR count). The normalized spacial score (nSPS) is 19.2. The largest absolute Gasteiger partial charge is 0.297 e. The van der Waals surface area contributed by atoms with Gasteiger partial charge in [0.15, 0.2) is 5.65 Å². The van der Waals surface area contributed by atoms with Gasteiger partial charge in [0.2, 0.25) is 0 Å². The minimum atomic E-state index is -0.0527. The molecule has 1 N–H and O–H groups in total. The second-order valence-corrected chi connectivity index (χ2v) is 6.54. The Kier molecular flexibility index (Phi) is 3.72. The predicted molar refractivity (Wildman–Crippen MR) is 90.8 cm³/mol. The van der Waals surface area contributed by atoms with Crippen LogP contribution in [-0.4, -0.2) is 35.8 Å². The van der Waals surface area contributed by atoms with Crippen LogP contribution in [0.5, 0.6) is 0 Å². The van der Waals surface area contributed by atoms with Gasteiger partial charge in [0.25, 0.3) is 5.56 Å². The van der Waals surface area contributed by atoms with E-state index in [-0.39, 0.29) is 11.6 Å². The van der Waals surface area contributed by atoms with Crippen LogP contribution in [0.3, 0.4) is 0 Å². The van der Waals surface area contributed by atoms with Gasteiger partial charge in [0.1, 0.15) is 0 Å². The SMILES string of the molecule is Cc1c(CN2CCCC[C@@H]2c2cc(=O)n3[nH]ccc3n2)cnn1C. The van der Waals surface area contributed by atoms with Crippen molar-refractivity contribution in [3.05, 3.63) is 51.8 Å². The number of piperidine rings is 1. The van der Waals surface area contributed by atoms with Crippen LogP contribution in [0.15, 0.2) is 29.3 Å². The van der Waals surface area contributed by atoms with Crippen molar-refractivity contribution in [2.24, 2.45) is 7.05 Å².